The molecule has 2 aromatic carbocycles. The predicted molar refractivity (Wildman–Crippen MR) is 88.8 cm³/mol. The van der Waals surface area contributed by atoms with E-state index in [1.807, 2.05) is 35.8 Å². The Bertz CT molecular complexity index is 830. The molecule has 0 spiro atoms. The van der Waals surface area contributed by atoms with Crippen molar-refractivity contribution in [2.45, 2.75) is 17.8 Å². The molecule has 0 unspecified atom stereocenters. The molecule has 0 fully saturated rings. The third kappa shape index (κ3) is 3.40. The summed E-state index contributed by atoms with van der Waals surface area (Å²) in [6, 6.07) is 14.6. The number of hydrogen-bond donors (Lipinski definition) is 0. The van der Waals surface area contributed by atoms with Gasteiger partial charge in [-0.2, -0.15) is 0 Å². The Kier molecular flexibility index (Phi) is 4.38. The summed E-state index contributed by atoms with van der Waals surface area (Å²) < 4.78 is 1.95. The molecule has 116 valence electrons. The van der Waals surface area contributed by atoms with Crippen LogP contribution in [0.3, 0.4) is 0 Å². The van der Waals surface area contributed by atoms with Crippen molar-refractivity contribution in [1.82, 2.24) is 14.8 Å². The Hall–Kier alpha value is -2.67. The van der Waals surface area contributed by atoms with Crippen LogP contribution in [0, 0.1) is 17.0 Å². The first-order chi connectivity index (χ1) is 11.1. The minimum Gasteiger partial charge on any atom is -0.276 e. The molecule has 7 heteroatoms. The first-order valence-electron chi connectivity index (χ1n) is 6.97. The second kappa shape index (κ2) is 6.62. The molecule has 1 aromatic heterocycles. The van der Waals surface area contributed by atoms with E-state index in [4.69, 9.17) is 0 Å². The van der Waals surface area contributed by atoms with Crippen LogP contribution in [0.2, 0.25) is 0 Å². The lowest BCUT2D eigenvalue weighted by atomic mass is 10.2. The Labute approximate surface area is 137 Å². The second-order valence-corrected chi connectivity index (χ2v) is 5.92. The first-order valence-corrected chi connectivity index (χ1v) is 7.96. The van der Waals surface area contributed by atoms with Gasteiger partial charge in [-0.15, -0.1) is 10.2 Å². The molecular formula is C16H14N4O2S. The van der Waals surface area contributed by atoms with Gasteiger partial charge >= 0.3 is 0 Å². The molecule has 0 radical (unpaired) electrons. The summed E-state index contributed by atoms with van der Waals surface area (Å²) in [7, 11) is 0. The Morgan fingerprint density at radius 1 is 1.17 bits per heavy atom. The van der Waals surface area contributed by atoms with Crippen LogP contribution in [0.25, 0.3) is 5.69 Å². The summed E-state index contributed by atoms with van der Waals surface area (Å²) in [5.41, 5.74) is 3.29. The fourth-order valence-corrected chi connectivity index (χ4v) is 3.06. The Morgan fingerprint density at radius 2 is 1.91 bits per heavy atom. The van der Waals surface area contributed by atoms with Gasteiger partial charge in [0.1, 0.15) is 6.33 Å². The highest BCUT2D eigenvalue weighted by atomic mass is 32.2. The maximum absolute atomic E-state index is 10.7. The van der Waals surface area contributed by atoms with Crippen LogP contribution in [0.5, 0.6) is 0 Å². The number of non-ortho nitro benzene ring substituents is 1. The molecule has 0 saturated heterocycles. The summed E-state index contributed by atoms with van der Waals surface area (Å²) in [5.74, 6) is 0.669. The molecular weight excluding hydrogens is 312 g/mol. The fourth-order valence-electron chi connectivity index (χ4n) is 2.18. The fraction of sp³-hybridized carbons (Fsp3) is 0.125. The van der Waals surface area contributed by atoms with Crippen LogP contribution in [-0.4, -0.2) is 19.7 Å². The van der Waals surface area contributed by atoms with E-state index in [-0.39, 0.29) is 5.69 Å². The van der Waals surface area contributed by atoms with E-state index in [0.29, 0.717) is 5.75 Å². The van der Waals surface area contributed by atoms with Gasteiger partial charge in [-0.3, -0.25) is 14.7 Å². The van der Waals surface area contributed by atoms with E-state index in [1.54, 1.807) is 30.2 Å². The zero-order valence-corrected chi connectivity index (χ0v) is 13.2. The molecule has 0 bridgehead atoms. The SMILES string of the molecule is Cc1ccccc1-n1cnnc1SCc1ccc([N+](=O)[O-])cc1. The highest BCUT2D eigenvalue weighted by Gasteiger charge is 2.10. The van der Waals surface area contributed by atoms with E-state index in [1.165, 1.54) is 12.1 Å². The molecule has 0 N–H and O–H groups in total. The summed E-state index contributed by atoms with van der Waals surface area (Å²) >= 11 is 1.54. The van der Waals surface area contributed by atoms with E-state index in [2.05, 4.69) is 10.2 Å². The van der Waals surface area contributed by atoms with Gasteiger partial charge in [-0.1, -0.05) is 42.1 Å². The van der Waals surface area contributed by atoms with Gasteiger partial charge in [0.05, 0.1) is 10.6 Å². The number of aryl methyl sites for hydroxylation is 1. The Balaban J connectivity index is 1.76. The number of nitro benzene ring substituents is 1. The number of para-hydroxylation sites is 1. The molecule has 6 nitrogen and oxygen atoms in total. The van der Waals surface area contributed by atoms with Crippen molar-refractivity contribution in [1.29, 1.82) is 0 Å². The van der Waals surface area contributed by atoms with Crippen molar-refractivity contribution in [2.75, 3.05) is 0 Å². The highest BCUT2D eigenvalue weighted by molar-refractivity contribution is 7.98. The van der Waals surface area contributed by atoms with E-state index < -0.39 is 4.92 Å². The number of rotatable bonds is 5. The third-order valence-electron chi connectivity index (χ3n) is 3.41. The van der Waals surface area contributed by atoms with Crippen LogP contribution in [-0.2, 0) is 5.75 Å². The molecule has 3 aromatic rings. The topological polar surface area (TPSA) is 73.8 Å². The van der Waals surface area contributed by atoms with E-state index >= 15 is 0 Å². The molecule has 1 heterocycles. The number of nitro groups is 1. The third-order valence-corrected chi connectivity index (χ3v) is 4.42. The largest absolute Gasteiger partial charge is 0.276 e. The number of nitrogens with zero attached hydrogens (tertiary/aromatic N) is 4. The Morgan fingerprint density at radius 3 is 2.61 bits per heavy atom. The number of aromatic nitrogens is 3. The van der Waals surface area contributed by atoms with Crippen LogP contribution in [0.4, 0.5) is 5.69 Å². The van der Waals surface area contributed by atoms with Gasteiger partial charge < -0.3 is 0 Å². The highest BCUT2D eigenvalue weighted by Crippen LogP contribution is 2.25. The predicted octanol–water partition coefficient (Wildman–Crippen LogP) is 3.78. The van der Waals surface area contributed by atoms with Crippen molar-refractivity contribution in [2.24, 2.45) is 0 Å². The van der Waals surface area contributed by atoms with Crippen molar-refractivity contribution in [3.63, 3.8) is 0 Å². The molecule has 0 aliphatic carbocycles. The number of benzene rings is 2. The van der Waals surface area contributed by atoms with Crippen LogP contribution >= 0.6 is 11.8 Å². The van der Waals surface area contributed by atoms with Crippen molar-refractivity contribution >= 4 is 17.4 Å². The average molecular weight is 326 g/mol. The second-order valence-electron chi connectivity index (χ2n) is 4.98. The van der Waals surface area contributed by atoms with Gasteiger partial charge in [0.2, 0.25) is 0 Å². The maximum Gasteiger partial charge on any atom is 0.269 e. The van der Waals surface area contributed by atoms with Crippen LogP contribution < -0.4 is 0 Å². The van der Waals surface area contributed by atoms with Gasteiger partial charge in [0, 0.05) is 17.9 Å². The lowest BCUT2D eigenvalue weighted by Gasteiger charge is -2.09. The normalized spacial score (nSPS) is 10.7. The lowest BCUT2D eigenvalue weighted by Crippen LogP contribution is -1.97. The van der Waals surface area contributed by atoms with Gasteiger partial charge in [0.25, 0.3) is 5.69 Å². The van der Waals surface area contributed by atoms with Crippen LogP contribution in [0.15, 0.2) is 60.0 Å². The quantitative estimate of drug-likeness (QED) is 0.405. The number of hydrogen-bond acceptors (Lipinski definition) is 5. The maximum atomic E-state index is 10.7. The molecule has 0 atom stereocenters. The van der Waals surface area contributed by atoms with E-state index in [0.717, 1.165) is 22.0 Å². The van der Waals surface area contributed by atoms with Gasteiger partial charge in [0.15, 0.2) is 5.16 Å². The summed E-state index contributed by atoms with van der Waals surface area (Å²) in [5, 5.41) is 19.6. The van der Waals surface area contributed by atoms with Crippen molar-refractivity contribution in [3.05, 3.63) is 76.1 Å². The first kappa shape index (κ1) is 15.2. The van der Waals surface area contributed by atoms with Crippen molar-refractivity contribution in [3.8, 4) is 5.69 Å². The lowest BCUT2D eigenvalue weighted by molar-refractivity contribution is -0.384. The van der Waals surface area contributed by atoms with Crippen LogP contribution in [0.1, 0.15) is 11.1 Å². The minimum absolute atomic E-state index is 0.0989. The molecule has 0 aliphatic rings. The molecule has 3 rings (SSSR count). The smallest absolute Gasteiger partial charge is 0.269 e. The monoisotopic (exact) mass is 326 g/mol. The summed E-state index contributed by atoms with van der Waals surface area (Å²) in [6.07, 6.45) is 1.69. The molecule has 0 aliphatic heterocycles. The summed E-state index contributed by atoms with van der Waals surface area (Å²) in [6.45, 7) is 2.04. The van der Waals surface area contributed by atoms with Crippen molar-refractivity contribution < 1.29 is 4.92 Å². The zero-order valence-electron chi connectivity index (χ0n) is 12.4. The molecule has 0 saturated carbocycles. The molecule has 0 amide bonds. The summed E-state index contributed by atoms with van der Waals surface area (Å²) in [4.78, 5) is 10.3. The number of thioether (sulfide) groups is 1. The van der Waals surface area contributed by atoms with Gasteiger partial charge in [-0.25, -0.2) is 0 Å². The molecule has 23 heavy (non-hydrogen) atoms. The zero-order chi connectivity index (χ0) is 16.2. The van der Waals surface area contributed by atoms with E-state index in [9.17, 15) is 10.1 Å². The standard InChI is InChI=1S/C16H14N4O2S/c1-12-4-2-3-5-15(12)19-11-17-18-16(19)23-10-13-6-8-14(9-7-13)20(21)22/h2-9,11H,10H2,1H3. The minimum atomic E-state index is -0.397. The van der Waals surface area contributed by atoms with Gasteiger partial charge in [-0.05, 0) is 24.1 Å². The average Bonchev–Trinajstić information content (AvgIpc) is 3.02.